The Bertz CT molecular complexity index is 1220. The molecule has 1 fully saturated rings. The number of nitrogens with zero attached hydrogens (tertiary/aromatic N) is 1. The van der Waals surface area contributed by atoms with Gasteiger partial charge in [0, 0.05) is 23.6 Å². The summed E-state index contributed by atoms with van der Waals surface area (Å²) >= 11 is 0.991. The third-order valence-corrected chi connectivity index (χ3v) is 7.09. The van der Waals surface area contributed by atoms with Gasteiger partial charge >= 0.3 is 5.97 Å². The predicted octanol–water partition coefficient (Wildman–Crippen LogP) is 1.89. The van der Waals surface area contributed by atoms with Crippen LogP contribution in [-0.4, -0.2) is 42.4 Å². The van der Waals surface area contributed by atoms with Crippen molar-refractivity contribution in [1.29, 1.82) is 0 Å². The van der Waals surface area contributed by atoms with Gasteiger partial charge in [0.05, 0.1) is 36.4 Å². The van der Waals surface area contributed by atoms with E-state index in [-0.39, 0.29) is 22.1 Å². The Kier molecular flexibility index (Phi) is 4.55. The minimum absolute atomic E-state index is 0.0838. The molecule has 2 aromatic carbocycles. The number of carbonyl (C=O) groups excluding carboxylic acids is 3. The number of phenols is 1. The van der Waals surface area contributed by atoms with Gasteiger partial charge in [-0.1, -0.05) is 17.8 Å². The van der Waals surface area contributed by atoms with Crippen molar-refractivity contribution in [1.82, 2.24) is 0 Å². The van der Waals surface area contributed by atoms with Crippen molar-refractivity contribution < 1.29 is 33.7 Å². The van der Waals surface area contributed by atoms with Gasteiger partial charge in [-0.3, -0.25) is 9.59 Å². The highest BCUT2D eigenvalue weighted by atomic mass is 32.2. The number of ether oxygens (including phenoxy) is 3. The van der Waals surface area contributed by atoms with Crippen LogP contribution in [0.1, 0.15) is 11.5 Å². The maximum atomic E-state index is 13.6. The molecule has 9 nitrogen and oxygen atoms in total. The third-order valence-electron chi connectivity index (χ3n) is 5.87. The molecule has 0 saturated carbocycles. The van der Waals surface area contributed by atoms with Crippen molar-refractivity contribution >= 4 is 35.2 Å². The lowest BCUT2D eigenvalue weighted by atomic mass is 9.77. The van der Waals surface area contributed by atoms with E-state index in [2.05, 4.69) is 0 Å². The predicted molar refractivity (Wildman–Crippen MR) is 115 cm³/mol. The number of rotatable bonds is 3. The number of hydrogen-bond acceptors (Lipinski definition) is 9. The van der Waals surface area contributed by atoms with E-state index in [0.717, 1.165) is 16.7 Å². The lowest BCUT2D eigenvalue weighted by Crippen LogP contribution is -2.39. The van der Waals surface area contributed by atoms with E-state index in [0.29, 0.717) is 22.7 Å². The summed E-state index contributed by atoms with van der Waals surface area (Å²) in [4.78, 5) is 40.8. The Hall–Kier alpha value is -3.66. The van der Waals surface area contributed by atoms with Crippen LogP contribution in [0.2, 0.25) is 0 Å². The zero-order valence-electron chi connectivity index (χ0n) is 17.0. The van der Waals surface area contributed by atoms with Crippen LogP contribution in [0.5, 0.6) is 23.0 Å². The summed E-state index contributed by atoms with van der Waals surface area (Å²) in [6.45, 7) is 0. The monoisotopic (exact) mass is 454 g/mol. The number of benzene rings is 2. The molecular weight excluding hydrogens is 436 g/mol. The highest BCUT2D eigenvalue weighted by molar-refractivity contribution is 8.04. The van der Waals surface area contributed by atoms with Gasteiger partial charge in [0.25, 0.3) is 0 Å². The van der Waals surface area contributed by atoms with Crippen LogP contribution >= 0.6 is 11.8 Å². The van der Waals surface area contributed by atoms with Crippen LogP contribution in [0.4, 0.5) is 5.69 Å². The van der Waals surface area contributed by atoms with Crippen LogP contribution < -0.4 is 24.8 Å². The first-order valence-electron chi connectivity index (χ1n) is 9.67. The smallest absolute Gasteiger partial charge is 0.342 e. The first-order valence-corrected chi connectivity index (χ1v) is 10.5. The largest absolute Gasteiger partial charge is 0.508 e. The summed E-state index contributed by atoms with van der Waals surface area (Å²) in [7, 11) is 2.95. The van der Waals surface area contributed by atoms with Gasteiger partial charge in [0.15, 0.2) is 11.5 Å². The lowest BCUT2D eigenvalue weighted by molar-refractivity contribution is -0.131. The van der Waals surface area contributed by atoms with E-state index in [4.69, 9.17) is 19.9 Å². The number of anilines is 1. The number of amides is 2. The summed E-state index contributed by atoms with van der Waals surface area (Å²) in [5.41, 5.74) is 7.18. The van der Waals surface area contributed by atoms with E-state index in [9.17, 15) is 19.5 Å². The number of thioether (sulfide) groups is 1. The van der Waals surface area contributed by atoms with Gasteiger partial charge in [-0.2, -0.15) is 0 Å². The average Bonchev–Trinajstić information content (AvgIpc) is 3.02. The normalized spacial score (nSPS) is 24.0. The van der Waals surface area contributed by atoms with Gasteiger partial charge in [-0.05, 0) is 18.2 Å². The molecule has 10 heteroatoms. The number of hydrogen-bond donors (Lipinski definition) is 2. The first-order chi connectivity index (χ1) is 15.3. The average molecular weight is 454 g/mol. The van der Waals surface area contributed by atoms with E-state index in [1.165, 1.54) is 26.4 Å². The molecule has 3 unspecified atom stereocenters. The number of esters is 1. The Morgan fingerprint density at radius 2 is 1.78 bits per heavy atom. The summed E-state index contributed by atoms with van der Waals surface area (Å²) in [5.74, 6) is -2.32. The molecule has 1 saturated heterocycles. The van der Waals surface area contributed by atoms with E-state index >= 15 is 0 Å². The molecule has 0 bridgehead atoms. The van der Waals surface area contributed by atoms with E-state index < -0.39 is 34.9 Å². The number of phenolic OH excluding ortho intramolecular Hbond substituents is 1. The highest BCUT2D eigenvalue weighted by Gasteiger charge is 2.58. The van der Waals surface area contributed by atoms with Gasteiger partial charge in [0.1, 0.15) is 16.7 Å². The zero-order chi connectivity index (χ0) is 22.7. The molecule has 3 aliphatic rings. The van der Waals surface area contributed by atoms with Crippen LogP contribution in [-0.2, 0) is 14.4 Å². The highest BCUT2D eigenvalue weighted by Crippen LogP contribution is 2.55. The quantitative estimate of drug-likeness (QED) is 0.406. The maximum absolute atomic E-state index is 13.6. The Labute approximate surface area is 186 Å². The van der Waals surface area contributed by atoms with Crippen molar-refractivity contribution in [3.63, 3.8) is 0 Å². The standard InChI is InChI=1S/C22H18N2O7S/c1-29-12-6-3-9(7-14(12)30-2)24-20(26)16-15-11-5-4-10(25)8-13(11)31-22(28)17(15)19(23)32-18(16)21(24)27/h3-8,15-16,18,25H,23H2,1-2H3. The van der Waals surface area contributed by atoms with Crippen LogP contribution in [0.3, 0.4) is 0 Å². The molecule has 3 N–H and O–H groups in total. The third kappa shape index (κ3) is 2.76. The second-order valence-electron chi connectivity index (χ2n) is 7.48. The fourth-order valence-corrected chi connectivity index (χ4v) is 5.70. The van der Waals surface area contributed by atoms with E-state index in [1.54, 1.807) is 24.3 Å². The molecule has 2 aromatic rings. The number of fused-ring (bicyclic) bond motifs is 5. The second kappa shape index (κ2) is 7.20. The number of nitrogens with two attached hydrogens (primary N) is 1. The number of carbonyl (C=O) groups is 3. The number of methoxy groups -OCH3 is 2. The molecule has 5 rings (SSSR count). The molecule has 0 aliphatic carbocycles. The molecule has 3 aliphatic heterocycles. The van der Waals surface area contributed by atoms with Crippen molar-refractivity contribution in [3.05, 3.63) is 52.6 Å². The van der Waals surface area contributed by atoms with Crippen molar-refractivity contribution in [2.24, 2.45) is 11.7 Å². The van der Waals surface area contributed by atoms with Gasteiger partial charge < -0.3 is 25.1 Å². The van der Waals surface area contributed by atoms with Crippen LogP contribution in [0.25, 0.3) is 0 Å². The summed E-state index contributed by atoms with van der Waals surface area (Å²) in [6, 6.07) is 9.09. The van der Waals surface area contributed by atoms with Gasteiger partial charge in [-0.25, -0.2) is 9.69 Å². The second-order valence-corrected chi connectivity index (χ2v) is 8.67. The summed E-state index contributed by atoms with van der Waals surface area (Å²) in [5, 5.41) is 9.14. The summed E-state index contributed by atoms with van der Waals surface area (Å²) < 4.78 is 15.9. The van der Waals surface area contributed by atoms with Gasteiger partial charge in [0.2, 0.25) is 11.8 Å². The molecular formula is C22H18N2O7S. The SMILES string of the molecule is COc1ccc(N2C(=O)C3SC(N)=C4C(=O)Oc5cc(O)ccc5C4C3C2=O)cc1OC. The molecule has 32 heavy (non-hydrogen) atoms. The fourth-order valence-electron chi connectivity index (χ4n) is 4.46. The minimum atomic E-state index is -0.862. The fraction of sp³-hybridized carbons (Fsp3) is 0.227. The van der Waals surface area contributed by atoms with Crippen LogP contribution in [0.15, 0.2) is 47.0 Å². The Morgan fingerprint density at radius 3 is 2.50 bits per heavy atom. The maximum Gasteiger partial charge on any atom is 0.342 e. The molecule has 0 spiro atoms. The molecule has 164 valence electrons. The Balaban J connectivity index is 1.62. The summed E-state index contributed by atoms with van der Waals surface area (Å²) in [6.07, 6.45) is 0. The molecule has 3 atom stereocenters. The molecule has 0 radical (unpaired) electrons. The van der Waals surface area contributed by atoms with E-state index in [1.807, 2.05) is 0 Å². The van der Waals surface area contributed by atoms with Gasteiger partial charge in [-0.15, -0.1) is 0 Å². The molecule has 0 aromatic heterocycles. The topological polar surface area (TPSA) is 128 Å². The lowest BCUT2D eigenvalue weighted by Gasteiger charge is -2.36. The van der Waals surface area contributed by atoms with Crippen molar-refractivity contribution in [2.45, 2.75) is 11.2 Å². The molecule has 3 heterocycles. The van der Waals surface area contributed by atoms with Crippen molar-refractivity contribution in [2.75, 3.05) is 19.1 Å². The minimum Gasteiger partial charge on any atom is -0.508 e. The number of aromatic hydroxyl groups is 1. The van der Waals surface area contributed by atoms with Crippen LogP contribution in [0, 0.1) is 5.92 Å². The Morgan fingerprint density at radius 1 is 1.03 bits per heavy atom. The number of imide groups is 1. The first kappa shape index (κ1) is 20.3. The zero-order valence-corrected chi connectivity index (χ0v) is 17.8. The molecule has 2 amide bonds. The van der Waals surface area contributed by atoms with Crippen molar-refractivity contribution in [3.8, 4) is 23.0 Å².